The molecule has 1 heterocycles. The van der Waals surface area contributed by atoms with Gasteiger partial charge in [0.25, 0.3) is 0 Å². The molecule has 0 aromatic carbocycles. The number of carboxylic acid groups (broad SMARTS) is 1. The molecule has 110 valence electrons. The lowest BCUT2D eigenvalue weighted by Gasteiger charge is -2.32. The number of morpholine rings is 1. The molecular weight excluding hydrogens is 248 g/mol. The molecule has 19 heavy (non-hydrogen) atoms. The van der Waals surface area contributed by atoms with Crippen LogP contribution in [0.3, 0.4) is 0 Å². The van der Waals surface area contributed by atoms with Crippen molar-refractivity contribution >= 4 is 11.9 Å². The van der Waals surface area contributed by atoms with Crippen LogP contribution in [0.2, 0.25) is 0 Å². The Morgan fingerprint density at radius 3 is 2.32 bits per heavy atom. The molecule has 1 unspecified atom stereocenters. The van der Waals surface area contributed by atoms with Crippen LogP contribution in [0.1, 0.15) is 27.2 Å². The Labute approximate surface area is 114 Å². The second kappa shape index (κ2) is 7.45. The average molecular weight is 272 g/mol. The number of amides is 1. The first-order valence-corrected chi connectivity index (χ1v) is 6.76. The first kappa shape index (κ1) is 15.9. The van der Waals surface area contributed by atoms with Crippen LogP contribution in [0.15, 0.2) is 0 Å². The number of hydrogen-bond acceptors (Lipinski definition) is 4. The number of carbonyl (C=O) groups excluding carboxylic acids is 1. The molecule has 0 aromatic rings. The molecule has 2 N–H and O–H groups in total. The van der Waals surface area contributed by atoms with Crippen molar-refractivity contribution in [1.29, 1.82) is 0 Å². The number of carbonyl (C=O) groups is 2. The highest BCUT2D eigenvalue weighted by Crippen LogP contribution is 2.08. The summed E-state index contributed by atoms with van der Waals surface area (Å²) in [6.45, 7) is 8.32. The molecule has 6 nitrogen and oxygen atoms in total. The van der Waals surface area contributed by atoms with Crippen LogP contribution >= 0.6 is 0 Å². The van der Waals surface area contributed by atoms with Crippen molar-refractivity contribution in [2.24, 2.45) is 5.92 Å². The largest absolute Gasteiger partial charge is 0.480 e. The van der Waals surface area contributed by atoms with E-state index in [0.717, 1.165) is 0 Å². The Morgan fingerprint density at radius 1 is 1.26 bits per heavy atom. The molecule has 1 saturated heterocycles. The van der Waals surface area contributed by atoms with Crippen molar-refractivity contribution in [3.8, 4) is 0 Å². The number of rotatable bonds is 6. The van der Waals surface area contributed by atoms with E-state index in [0.29, 0.717) is 32.7 Å². The van der Waals surface area contributed by atoms with Gasteiger partial charge in [-0.05, 0) is 19.3 Å². The molecule has 0 bridgehead atoms. The fourth-order valence-electron chi connectivity index (χ4n) is 2.12. The van der Waals surface area contributed by atoms with E-state index in [2.05, 4.69) is 5.32 Å². The monoisotopic (exact) mass is 272 g/mol. The number of carboxylic acids is 1. The molecule has 1 fully saturated rings. The van der Waals surface area contributed by atoms with Crippen molar-refractivity contribution in [3.05, 3.63) is 0 Å². The van der Waals surface area contributed by atoms with Crippen LogP contribution in [0.5, 0.6) is 0 Å². The molecule has 6 heteroatoms. The van der Waals surface area contributed by atoms with Crippen LogP contribution in [-0.4, -0.2) is 60.3 Å². The summed E-state index contributed by atoms with van der Waals surface area (Å²) in [4.78, 5) is 25.2. The van der Waals surface area contributed by atoms with E-state index in [9.17, 15) is 9.59 Å². The maximum absolute atomic E-state index is 12.1. The minimum Gasteiger partial charge on any atom is -0.480 e. The molecule has 1 aliphatic heterocycles. The molecule has 0 radical (unpaired) electrons. The maximum Gasteiger partial charge on any atom is 0.326 e. The highest BCUT2D eigenvalue weighted by atomic mass is 16.5. The molecule has 0 spiro atoms. The van der Waals surface area contributed by atoms with Crippen LogP contribution < -0.4 is 5.32 Å². The van der Waals surface area contributed by atoms with Gasteiger partial charge in [-0.25, -0.2) is 4.79 Å². The summed E-state index contributed by atoms with van der Waals surface area (Å²) >= 11 is 0. The van der Waals surface area contributed by atoms with Crippen molar-refractivity contribution in [2.45, 2.75) is 39.3 Å². The zero-order valence-corrected chi connectivity index (χ0v) is 11.9. The Hall–Kier alpha value is -1.14. The smallest absolute Gasteiger partial charge is 0.326 e. The second-order valence-corrected chi connectivity index (χ2v) is 5.35. The van der Waals surface area contributed by atoms with Gasteiger partial charge in [-0.1, -0.05) is 13.8 Å². The maximum atomic E-state index is 12.1. The van der Waals surface area contributed by atoms with Gasteiger partial charge in [-0.15, -0.1) is 0 Å². The van der Waals surface area contributed by atoms with E-state index in [-0.39, 0.29) is 17.9 Å². The third-order valence-electron chi connectivity index (χ3n) is 3.29. The van der Waals surface area contributed by atoms with Gasteiger partial charge < -0.3 is 15.2 Å². The lowest BCUT2D eigenvalue weighted by atomic mass is 10.0. The summed E-state index contributed by atoms with van der Waals surface area (Å²) in [6.07, 6.45) is 0.441. The topological polar surface area (TPSA) is 78.9 Å². The van der Waals surface area contributed by atoms with Gasteiger partial charge in [-0.3, -0.25) is 9.69 Å². The van der Waals surface area contributed by atoms with E-state index in [1.165, 1.54) is 0 Å². The quantitative estimate of drug-likeness (QED) is 0.728. The summed E-state index contributed by atoms with van der Waals surface area (Å²) in [5, 5.41) is 11.7. The number of aliphatic carboxylic acids is 1. The zero-order chi connectivity index (χ0) is 14.4. The Morgan fingerprint density at radius 2 is 1.84 bits per heavy atom. The predicted molar refractivity (Wildman–Crippen MR) is 70.9 cm³/mol. The van der Waals surface area contributed by atoms with E-state index < -0.39 is 12.0 Å². The number of nitrogens with zero attached hydrogens (tertiary/aromatic N) is 1. The van der Waals surface area contributed by atoms with Gasteiger partial charge >= 0.3 is 5.97 Å². The molecule has 1 rings (SSSR count). The summed E-state index contributed by atoms with van der Waals surface area (Å²) in [6, 6.07) is -1.13. The Kier molecular flexibility index (Phi) is 6.24. The van der Waals surface area contributed by atoms with Gasteiger partial charge in [0, 0.05) is 13.1 Å². The third kappa shape index (κ3) is 5.16. The highest BCUT2D eigenvalue weighted by molar-refractivity contribution is 5.86. The van der Waals surface area contributed by atoms with Crippen LogP contribution in [0.4, 0.5) is 0 Å². The first-order chi connectivity index (χ1) is 8.91. The fourth-order valence-corrected chi connectivity index (χ4v) is 2.12. The third-order valence-corrected chi connectivity index (χ3v) is 3.29. The number of nitrogens with one attached hydrogen (secondary N) is 1. The predicted octanol–water partition coefficient (Wildman–Crippen LogP) is 0.323. The lowest BCUT2D eigenvalue weighted by Crippen LogP contribution is -2.53. The van der Waals surface area contributed by atoms with Gasteiger partial charge in [0.15, 0.2) is 0 Å². The van der Waals surface area contributed by atoms with Gasteiger partial charge in [-0.2, -0.15) is 0 Å². The summed E-state index contributed by atoms with van der Waals surface area (Å²) in [5.74, 6) is -0.980. The summed E-state index contributed by atoms with van der Waals surface area (Å²) in [7, 11) is 0. The van der Waals surface area contributed by atoms with Crippen LogP contribution in [0.25, 0.3) is 0 Å². The van der Waals surface area contributed by atoms with Gasteiger partial charge in [0.1, 0.15) is 6.04 Å². The molecule has 0 aromatic heterocycles. The van der Waals surface area contributed by atoms with Crippen LogP contribution in [0, 0.1) is 5.92 Å². The number of ether oxygens (including phenoxy) is 1. The van der Waals surface area contributed by atoms with Gasteiger partial charge in [0.05, 0.1) is 19.3 Å². The Bertz CT molecular complexity index is 314. The minimum atomic E-state index is -0.976. The van der Waals surface area contributed by atoms with Crippen molar-refractivity contribution in [2.75, 3.05) is 26.3 Å². The molecule has 1 aliphatic rings. The van der Waals surface area contributed by atoms with Gasteiger partial charge in [0.2, 0.25) is 5.91 Å². The number of hydrogen-bond donors (Lipinski definition) is 2. The van der Waals surface area contributed by atoms with E-state index in [1.54, 1.807) is 6.92 Å². The van der Waals surface area contributed by atoms with Crippen molar-refractivity contribution in [3.63, 3.8) is 0 Å². The lowest BCUT2D eigenvalue weighted by molar-refractivity contribution is -0.143. The summed E-state index contributed by atoms with van der Waals surface area (Å²) < 4.78 is 5.23. The SMILES string of the molecule is CC(C)C[C@H](NC(=O)C(C)N1CCOCC1)C(=O)O. The zero-order valence-electron chi connectivity index (χ0n) is 11.9. The molecule has 0 aliphatic carbocycles. The molecule has 0 saturated carbocycles. The summed E-state index contributed by atoms with van der Waals surface area (Å²) in [5.41, 5.74) is 0. The van der Waals surface area contributed by atoms with Crippen molar-refractivity contribution in [1.82, 2.24) is 10.2 Å². The van der Waals surface area contributed by atoms with E-state index >= 15 is 0 Å². The van der Waals surface area contributed by atoms with E-state index in [1.807, 2.05) is 18.7 Å². The minimum absolute atomic E-state index is 0.222. The molecule has 2 atom stereocenters. The highest BCUT2D eigenvalue weighted by Gasteiger charge is 2.27. The van der Waals surface area contributed by atoms with Crippen molar-refractivity contribution < 1.29 is 19.4 Å². The fraction of sp³-hybridized carbons (Fsp3) is 0.846. The van der Waals surface area contributed by atoms with Crippen LogP contribution in [-0.2, 0) is 14.3 Å². The second-order valence-electron chi connectivity index (χ2n) is 5.35. The molecule has 1 amide bonds. The first-order valence-electron chi connectivity index (χ1n) is 6.76. The van der Waals surface area contributed by atoms with E-state index in [4.69, 9.17) is 9.84 Å². The molecular formula is C13H24N2O4. The Balaban J connectivity index is 2.52. The standard InChI is InChI=1S/C13H24N2O4/c1-9(2)8-11(13(17)18)14-12(16)10(3)15-4-6-19-7-5-15/h9-11H,4-8H2,1-3H3,(H,14,16)(H,17,18)/t10?,11-/m0/s1. The normalized spacial score (nSPS) is 20.0. The average Bonchev–Trinajstić information content (AvgIpc) is 2.37.